The Hall–Kier alpha value is -1.37. The molecule has 0 atom stereocenters. The van der Waals surface area contributed by atoms with Crippen molar-refractivity contribution in [3.63, 3.8) is 0 Å². The first-order valence-corrected chi connectivity index (χ1v) is 7.32. The van der Waals surface area contributed by atoms with Crippen molar-refractivity contribution in [3.05, 3.63) is 39.1 Å². The zero-order valence-electron chi connectivity index (χ0n) is 9.43. The molecule has 4 nitrogen and oxygen atoms in total. The van der Waals surface area contributed by atoms with Gasteiger partial charge in [-0.15, -0.1) is 11.3 Å². The molecule has 0 bridgehead atoms. The lowest BCUT2D eigenvalue weighted by molar-refractivity contribution is 0.432. The van der Waals surface area contributed by atoms with E-state index in [1.165, 1.54) is 11.3 Å². The number of benzene rings is 1. The van der Waals surface area contributed by atoms with E-state index in [0.717, 1.165) is 14.9 Å². The van der Waals surface area contributed by atoms with Gasteiger partial charge in [-0.05, 0) is 40.2 Å². The van der Waals surface area contributed by atoms with Crippen molar-refractivity contribution in [2.45, 2.75) is 0 Å². The maximum absolute atomic E-state index is 5.88. The van der Waals surface area contributed by atoms with Crippen LogP contribution in [0.4, 0.5) is 5.69 Å². The molecule has 2 heterocycles. The van der Waals surface area contributed by atoms with Crippen LogP contribution in [0.3, 0.4) is 0 Å². The van der Waals surface area contributed by atoms with Gasteiger partial charge in [0.1, 0.15) is 0 Å². The van der Waals surface area contributed by atoms with Crippen LogP contribution < -0.4 is 5.73 Å². The minimum absolute atomic E-state index is 0.419. The van der Waals surface area contributed by atoms with Crippen LogP contribution >= 0.6 is 38.9 Å². The number of nitrogens with zero attached hydrogens (tertiary/aromatic N) is 2. The summed E-state index contributed by atoms with van der Waals surface area (Å²) in [6.45, 7) is 0. The number of hydrogen-bond donors (Lipinski definition) is 1. The molecular formula is C12H7BrClN3OS. The largest absolute Gasteiger partial charge is 0.398 e. The van der Waals surface area contributed by atoms with Crippen molar-refractivity contribution in [2.75, 3.05) is 5.73 Å². The number of nitrogen functional groups attached to an aromatic ring is 1. The van der Waals surface area contributed by atoms with E-state index < -0.39 is 0 Å². The van der Waals surface area contributed by atoms with Gasteiger partial charge in [0, 0.05) is 15.4 Å². The Labute approximate surface area is 126 Å². The van der Waals surface area contributed by atoms with Crippen LogP contribution in [-0.2, 0) is 0 Å². The molecule has 1 aromatic carbocycles. The average molecular weight is 357 g/mol. The predicted octanol–water partition coefficient (Wildman–Crippen LogP) is 4.46. The Balaban J connectivity index is 1.98. The summed E-state index contributed by atoms with van der Waals surface area (Å²) in [7, 11) is 0. The SMILES string of the molecule is Nc1cc(-c2nc(-c3cc(Br)cs3)no2)ccc1Cl. The summed E-state index contributed by atoms with van der Waals surface area (Å²) in [4.78, 5) is 5.28. The fourth-order valence-corrected chi connectivity index (χ4v) is 3.02. The zero-order valence-corrected chi connectivity index (χ0v) is 12.6. The number of thiophene rings is 1. The van der Waals surface area contributed by atoms with Gasteiger partial charge in [0.25, 0.3) is 5.89 Å². The molecule has 0 amide bonds. The van der Waals surface area contributed by atoms with Gasteiger partial charge < -0.3 is 10.3 Å². The van der Waals surface area contributed by atoms with Gasteiger partial charge in [-0.3, -0.25) is 0 Å². The van der Waals surface area contributed by atoms with Gasteiger partial charge in [-0.1, -0.05) is 16.8 Å². The van der Waals surface area contributed by atoms with E-state index in [1.54, 1.807) is 18.2 Å². The number of hydrogen-bond acceptors (Lipinski definition) is 5. The Bertz CT molecular complexity index is 740. The molecule has 2 aromatic heterocycles. The topological polar surface area (TPSA) is 64.9 Å². The number of anilines is 1. The zero-order chi connectivity index (χ0) is 13.4. The Morgan fingerprint density at radius 1 is 1.32 bits per heavy atom. The van der Waals surface area contributed by atoms with E-state index in [1.807, 2.05) is 11.4 Å². The fraction of sp³-hybridized carbons (Fsp3) is 0. The van der Waals surface area contributed by atoms with E-state index in [4.69, 9.17) is 21.9 Å². The van der Waals surface area contributed by atoms with Crippen LogP contribution in [0.15, 0.2) is 38.6 Å². The summed E-state index contributed by atoms with van der Waals surface area (Å²) in [5.41, 5.74) is 6.98. The molecule has 0 saturated heterocycles. The molecular weight excluding hydrogens is 350 g/mol. The van der Waals surface area contributed by atoms with Crippen molar-refractivity contribution < 1.29 is 4.52 Å². The summed E-state index contributed by atoms with van der Waals surface area (Å²) in [6, 6.07) is 7.15. The second-order valence-corrected chi connectivity index (χ2v) is 6.02. The van der Waals surface area contributed by atoms with E-state index in [2.05, 4.69) is 26.1 Å². The van der Waals surface area contributed by atoms with Gasteiger partial charge in [-0.25, -0.2) is 0 Å². The molecule has 3 rings (SSSR count). The molecule has 0 saturated carbocycles. The minimum atomic E-state index is 0.419. The number of nitrogens with two attached hydrogens (primary N) is 1. The van der Waals surface area contributed by atoms with Crippen LogP contribution in [0.2, 0.25) is 5.02 Å². The molecule has 0 spiro atoms. The quantitative estimate of drug-likeness (QED) is 0.688. The van der Waals surface area contributed by atoms with E-state index in [-0.39, 0.29) is 0 Å². The Kier molecular flexibility index (Phi) is 3.30. The highest BCUT2D eigenvalue weighted by Crippen LogP contribution is 2.30. The Morgan fingerprint density at radius 2 is 2.16 bits per heavy atom. The van der Waals surface area contributed by atoms with Crippen LogP contribution in [0.5, 0.6) is 0 Å². The summed E-state index contributed by atoms with van der Waals surface area (Å²) >= 11 is 10.8. The smallest absolute Gasteiger partial charge is 0.258 e. The van der Waals surface area contributed by atoms with Crippen molar-refractivity contribution in [3.8, 4) is 22.2 Å². The van der Waals surface area contributed by atoms with Crippen molar-refractivity contribution in [2.24, 2.45) is 0 Å². The third-order valence-electron chi connectivity index (χ3n) is 2.46. The van der Waals surface area contributed by atoms with Crippen LogP contribution in [-0.4, -0.2) is 10.1 Å². The highest BCUT2D eigenvalue weighted by molar-refractivity contribution is 9.10. The monoisotopic (exact) mass is 355 g/mol. The molecule has 0 fully saturated rings. The van der Waals surface area contributed by atoms with E-state index in [9.17, 15) is 0 Å². The average Bonchev–Trinajstić information content (AvgIpc) is 3.01. The molecule has 96 valence electrons. The second kappa shape index (κ2) is 4.96. The molecule has 7 heteroatoms. The third kappa shape index (κ3) is 2.51. The molecule has 0 unspecified atom stereocenters. The van der Waals surface area contributed by atoms with Crippen molar-refractivity contribution in [1.82, 2.24) is 10.1 Å². The molecule has 19 heavy (non-hydrogen) atoms. The lowest BCUT2D eigenvalue weighted by Gasteiger charge is -1.98. The summed E-state index contributed by atoms with van der Waals surface area (Å²) in [6.07, 6.45) is 0. The first kappa shape index (κ1) is 12.7. The van der Waals surface area contributed by atoms with Crippen LogP contribution in [0, 0.1) is 0 Å². The number of halogens is 2. The number of rotatable bonds is 2. The summed E-state index contributed by atoms with van der Waals surface area (Å²) < 4.78 is 6.24. The standard InChI is InChI=1S/C12H7BrClN3OS/c13-7-4-10(19-5-7)11-16-12(18-17-11)6-1-2-8(14)9(15)3-6/h1-5H,15H2. The second-order valence-electron chi connectivity index (χ2n) is 3.79. The van der Waals surface area contributed by atoms with E-state index >= 15 is 0 Å². The molecule has 0 radical (unpaired) electrons. The first-order valence-electron chi connectivity index (χ1n) is 5.27. The predicted molar refractivity (Wildman–Crippen MR) is 80.2 cm³/mol. The number of aromatic nitrogens is 2. The highest BCUT2D eigenvalue weighted by Gasteiger charge is 2.13. The van der Waals surface area contributed by atoms with E-state index in [0.29, 0.717) is 22.4 Å². The van der Waals surface area contributed by atoms with Crippen molar-refractivity contribution >= 4 is 44.6 Å². The molecule has 2 N–H and O–H groups in total. The molecule has 0 aliphatic rings. The molecule has 0 aliphatic carbocycles. The summed E-state index contributed by atoms with van der Waals surface area (Å²) in [5.74, 6) is 0.974. The van der Waals surface area contributed by atoms with Gasteiger partial charge >= 0.3 is 0 Å². The van der Waals surface area contributed by atoms with Crippen LogP contribution in [0.25, 0.3) is 22.2 Å². The highest BCUT2D eigenvalue weighted by atomic mass is 79.9. The maximum Gasteiger partial charge on any atom is 0.258 e. The van der Waals surface area contributed by atoms with Gasteiger partial charge in [0.2, 0.25) is 5.82 Å². The molecule has 3 aromatic rings. The lowest BCUT2D eigenvalue weighted by Crippen LogP contribution is -1.87. The van der Waals surface area contributed by atoms with Gasteiger partial charge in [-0.2, -0.15) is 4.98 Å². The fourth-order valence-electron chi connectivity index (χ4n) is 1.55. The first-order chi connectivity index (χ1) is 9.13. The lowest BCUT2D eigenvalue weighted by atomic mass is 10.2. The van der Waals surface area contributed by atoms with Gasteiger partial charge in [0.05, 0.1) is 15.6 Å². The van der Waals surface area contributed by atoms with Crippen LogP contribution in [0.1, 0.15) is 0 Å². The van der Waals surface area contributed by atoms with Gasteiger partial charge in [0.15, 0.2) is 0 Å². The Morgan fingerprint density at radius 3 is 2.84 bits per heavy atom. The minimum Gasteiger partial charge on any atom is -0.398 e. The molecule has 0 aliphatic heterocycles. The maximum atomic E-state index is 5.88. The third-order valence-corrected chi connectivity index (χ3v) is 4.49. The normalized spacial score (nSPS) is 10.8. The summed E-state index contributed by atoms with van der Waals surface area (Å²) in [5, 5.41) is 6.43. The van der Waals surface area contributed by atoms with Crippen molar-refractivity contribution in [1.29, 1.82) is 0 Å².